The van der Waals surface area contributed by atoms with Crippen molar-refractivity contribution in [1.82, 2.24) is 20.2 Å². The van der Waals surface area contributed by atoms with Crippen molar-refractivity contribution in [2.45, 2.75) is 38.0 Å². The molecule has 3 aromatic rings. The van der Waals surface area contributed by atoms with E-state index in [2.05, 4.69) is 43.3 Å². The predicted molar refractivity (Wildman–Crippen MR) is 129 cm³/mol. The number of anilines is 1. The monoisotopic (exact) mass is 458 g/mol. The Hall–Kier alpha value is -3.52. The van der Waals surface area contributed by atoms with Crippen LogP contribution in [-0.2, 0) is 11.8 Å². The van der Waals surface area contributed by atoms with E-state index in [-0.39, 0.29) is 30.0 Å². The molecule has 2 fully saturated rings. The smallest absolute Gasteiger partial charge is 0.270 e. The molecule has 3 aliphatic heterocycles. The maximum absolute atomic E-state index is 13.4. The molecule has 8 heteroatoms. The number of halogens is 1. The van der Waals surface area contributed by atoms with Gasteiger partial charge in [-0.3, -0.25) is 15.1 Å². The number of aromatic nitrogens is 2. The topological polar surface area (TPSA) is 84.5 Å². The largest absolute Gasteiger partial charge is 0.371 e. The Morgan fingerprint density at radius 3 is 2.62 bits per heavy atom. The van der Waals surface area contributed by atoms with Crippen LogP contribution in [0.1, 0.15) is 35.8 Å². The van der Waals surface area contributed by atoms with Crippen molar-refractivity contribution in [3.05, 3.63) is 71.4 Å². The van der Waals surface area contributed by atoms with E-state index in [9.17, 15) is 9.18 Å². The first kappa shape index (κ1) is 21.0. The number of hydrogen-bond donors (Lipinski definition) is 2. The van der Waals surface area contributed by atoms with E-state index in [0.29, 0.717) is 5.71 Å². The zero-order valence-electron chi connectivity index (χ0n) is 19.3. The maximum atomic E-state index is 13.4. The lowest BCUT2D eigenvalue weighted by atomic mass is 9.93. The first-order valence-corrected chi connectivity index (χ1v) is 11.8. The van der Waals surface area contributed by atoms with Gasteiger partial charge in [-0.25, -0.2) is 9.37 Å². The molecule has 174 valence electrons. The van der Waals surface area contributed by atoms with E-state index in [1.165, 1.54) is 12.1 Å². The van der Waals surface area contributed by atoms with Gasteiger partial charge in [0.15, 0.2) is 0 Å². The molecule has 7 nitrogen and oxygen atoms in total. The van der Waals surface area contributed by atoms with Crippen LogP contribution in [0.15, 0.2) is 53.7 Å². The Kier molecular flexibility index (Phi) is 4.99. The van der Waals surface area contributed by atoms with Gasteiger partial charge < -0.3 is 14.8 Å². The van der Waals surface area contributed by atoms with E-state index in [0.717, 1.165) is 59.8 Å². The summed E-state index contributed by atoms with van der Waals surface area (Å²) < 4.78 is 15.3. The van der Waals surface area contributed by atoms with Crippen molar-refractivity contribution in [3.63, 3.8) is 0 Å². The highest BCUT2D eigenvalue weighted by atomic mass is 19.1. The molecule has 0 aliphatic carbocycles. The lowest BCUT2D eigenvalue weighted by Crippen LogP contribution is -2.47. The quantitative estimate of drug-likeness (QED) is 0.589. The minimum Gasteiger partial charge on any atom is -0.371 e. The Labute approximate surface area is 197 Å². The fourth-order valence-electron chi connectivity index (χ4n) is 5.04. The predicted octanol–water partition coefficient (Wildman–Crippen LogP) is 3.09. The van der Waals surface area contributed by atoms with Gasteiger partial charge in [0.25, 0.3) is 5.91 Å². The molecule has 1 amide bonds. The third-order valence-electron chi connectivity index (χ3n) is 7.22. The molecule has 2 aromatic carbocycles. The molecule has 34 heavy (non-hydrogen) atoms. The number of carbonyl (C=O) groups is 1. The van der Waals surface area contributed by atoms with Crippen LogP contribution in [0.5, 0.6) is 0 Å². The minimum atomic E-state index is -0.228. The second-order valence-electron chi connectivity index (χ2n) is 9.33. The molecule has 2 atom stereocenters. The zero-order chi connectivity index (χ0) is 23.4. The van der Waals surface area contributed by atoms with Gasteiger partial charge in [-0.05, 0) is 55.7 Å². The molecule has 0 saturated carbocycles. The van der Waals surface area contributed by atoms with E-state index < -0.39 is 0 Å². The zero-order valence-corrected chi connectivity index (χ0v) is 19.3. The molecule has 1 aromatic heterocycles. The van der Waals surface area contributed by atoms with Gasteiger partial charge in [-0.2, -0.15) is 0 Å². The third kappa shape index (κ3) is 3.68. The van der Waals surface area contributed by atoms with Crippen LogP contribution in [0, 0.1) is 12.7 Å². The van der Waals surface area contributed by atoms with Crippen molar-refractivity contribution in [1.29, 1.82) is 0 Å². The minimum absolute atomic E-state index is 0.0154. The number of rotatable bonds is 4. The number of hydrogen-bond acceptors (Lipinski definition) is 5. The Morgan fingerprint density at radius 2 is 1.91 bits per heavy atom. The van der Waals surface area contributed by atoms with Gasteiger partial charge in [-0.15, -0.1) is 0 Å². The number of amides is 1. The van der Waals surface area contributed by atoms with Gasteiger partial charge in [0, 0.05) is 43.0 Å². The summed E-state index contributed by atoms with van der Waals surface area (Å²) in [5.74, 6) is 0.593. The van der Waals surface area contributed by atoms with Gasteiger partial charge in [0.2, 0.25) is 0 Å². The van der Waals surface area contributed by atoms with Crippen LogP contribution in [0.2, 0.25) is 0 Å². The molecule has 0 bridgehead atoms. The summed E-state index contributed by atoms with van der Waals surface area (Å²) in [5.41, 5.74) is 5.57. The van der Waals surface area contributed by atoms with Crippen molar-refractivity contribution < 1.29 is 9.18 Å². The summed E-state index contributed by atoms with van der Waals surface area (Å²) in [4.78, 5) is 24.7. The number of benzene rings is 2. The molecule has 6 rings (SSSR count). The highest BCUT2D eigenvalue weighted by molar-refractivity contribution is 6.46. The number of nitrogens with zero attached hydrogens (tertiary/aromatic N) is 4. The average Bonchev–Trinajstić information content (AvgIpc) is 3.57. The van der Waals surface area contributed by atoms with E-state index in [4.69, 9.17) is 4.99 Å². The highest BCUT2D eigenvalue weighted by Crippen LogP contribution is 2.39. The highest BCUT2D eigenvalue weighted by Gasteiger charge is 2.44. The summed E-state index contributed by atoms with van der Waals surface area (Å²) in [6.07, 6.45) is 3.52. The first-order valence-electron chi connectivity index (χ1n) is 11.8. The molecular weight excluding hydrogens is 431 g/mol. The number of aliphatic imine (C=N–C) groups is 1. The summed E-state index contributed by atoms with van der Waals surface area (Å²) >= 11 is 0. The summed E-state index contributed by atoms with van der Waals surface area (Å²) in [6, 6.07) is 13.1. The van der Waals surface area contributed by atoms with E-state index in [1.54, 1.807) is 0 Å². The number of piperidine rings is 1. The van der Waals surface area contributed by atoms with Gasteiger partial charge in [0.05, 0.1) is 17.9 Å². The molecule has 3 aliphatic rings. The Balaban J connectivity index is 1.18. The fourth-order valence-corrected chi connectivity index (χ4v) is 5.04. The number of nitrogens with one attached hydrogen (secondary N) is 2. The van der Waals surface area contributed by atoms with Crippen molar-refractivity contribution in [2.75, 3.05) is 18.0 Å². The standard InChI is InChI=1S/C26H27FN6O/c1-15-28-14-22(32(15)2)16-3-8-20-21(13-16)24(31-25-23(20)30-25)26(34)29-18-9-11-33(12-10-18)19-6-4-17(27)5-7-19/h3-8,13-14,18,23,25,30H,9-12H2,1-2H3,(H,29,34). The Morgan fingerprint density at radius 1 is 1.15 bits per heavy atom. The van der Waals surface area contributed by atoms with E-state index in [1.807, 2.05) is 32.3 Å². The van der Waals surface area contributed by atoms with Crippen LogP contribution in [0.4, 0.5) is 10.1 Å². The Bertz CT molecular complexity index is 1290. The van der Waals surface area contributed by atoms with Crippen LogP contribution >= 0.6 is 0 Å². The van der Waals surface area contributed by atoms with Gasteiger partial charge in [-0.1, -0.05) is 12.1 Å². The second-order valence-corrected chi connectivity index (χ2v) is 9.33. The molecular formula is C26H27FN6O. The first-order chi connectivity index (χ1) is 16.5. The number of imidazole rings is 1. The van der Waals surface area contributed by atoms with E-state index >= 15 is 0 Å². The van der Waals surface area contributed by atoms with Crippen molar-refractivity contribution in [2.24, 2.45) is 12.0 Å². The second kappa shape index (κ2) is 8.06. The molecule has 0 radical (unpaired) electrons. The normalized spacial score (nSPS) is 21.5. The average molecular weight is 459 g/mol. The SMILES string of the molecule is Cc1ncc(-c2ccc3c(c2)C(C(=O)NC2CCN(c4ccc(F)cc4)CC2)=NC2NC32)n1C. The van der Waals surface area contributed by atoms with Crippen LogP contribution in [0.25, 0.3) is 11.3 Å². The number of aryl methyl sites for hydroxylation is 1. The summed E-state index contributed by atoms with van der Waals surface area (Å²) in [7, 11) is 2.00. The van der Waals surface area contributed by atoms with Gasteiger partial charge in [0.1, 0.15) is 23.5 Å². The molecule has 4 heterocycles. The lowest BCUT2D eigenvalue weighted by Gasteiger charge is -2.34. The fraction of sp³-hybridized carbons (Fsp3) is 0.346. The third-order valence-corrected chi connectivity index (χ3v) is 7.22. The molecule has 0 spiro atoms. The van der Waals surface area contributed by atoms with Gasteiger partial charge >= 0.3 is 0 Å². The van der Waals surface area contributed by atoms with Crippen molar-refractivity contribution >= 4 is 17.3 Å². The number of carbonyl (C=O) groups excluding carboxylic acids is 1. The summed E-state index contributed by atoms with van der Waals surface area (Å²) in [6.45, 7) is 3.61. The lowest BCUT2D eigenvalue weighted by molar-refractivity contribution is -0.115. The molecule has 2 N–H and O–H groups in total. The molecule has 2 saturated heterocycles. The molecule has 2 unspecified atom stereocenters. The van der Waals surface area contributed by atoms with Crippen molar-refractivity contribution in [3.8, 4) is 11.3 Å². The summed E-state index contributed by atoms with van der Waals surface area (Å²) in [5, 5.41) is 6.58. The maximum Gasteiger partial charge on any atom is 0.270 e. The number of fused-ring (bicyclic) bond motifs is 3. The van der Waals surface area contributed by atoms with Crippen LogP contribution in [0.3, 0.4) is 0 Å². The van der Waals surface area contributed by atoms with Crippen LogP contribution < -0.4 is 15.5 Å². The van der Waals surface area contributed by atoms with Crippen LogP contribution in [-0.4, -0.2) is 46.5 Å².